The van der Waals surface area contributed by atoms with Crippen molar-refractivity contribution in [2.45, 2.75) is 116 Å². The summed E-state index contributed by atoms with van der Waals surface area (Å²) >= 11 is 0. The lowest BCUT2D eigenvalue weighted by atomic mass is 9.67. The number of carboxylic acids is 1. The van der Waals surface area contributed by atoms with Gasteiger partial charge in [-0.15, -0.1) is 0 Å². The largest absolute Gasteiger partial charge is 0.478 e. The average Bonchev–Trinajstić information content (AvgIpc) is 2.95. The van der Waals surface area contributed by atoms with Gasteiger partial charge in [0.1, 0.15) is 5.82 Å². The first-order valence-electron chi connectivity index (χ1n) is 15.5. The summed E-state index contributed by atoms with van der Waals surface area (Å²) in [4.78, 5) is 11.6. The van der Waals surface area contributed by atoms with Crippen LogP contribution < -0.4 is 0 Å². The Bertz CT molecular complexity index is 1110. The molecule has 2 aromatic carbocycles. The molecule has 2 aromatic rings. The highest BCUT2D eigenvalue weighted by atomic mass is 19.2. The summed E-state index contributed by atoms with van der Waals surface area (Å²) in [5.41, 5.74) is -0.323. The molecule has 2 fully saturated rings. The van der Waals surface area contributed by atoms with Gasteiger partial charge in [0.25, 0.3) is 0 Å². The molecule has 0 saturated heterocycles. The van der Waals surface area contributed by atoms with Gasteiger partial charge in [-0.2, -0.15) is 0 Å². The fourth-order valence-electron chi connectivity index (χ4n) is 7.33. The standard InChI is InChI=1S/C34H44F4O2/c1-2-3-4-5-6-7-8-9-22-10-12-23(13-11-22)24-14-16-25(17-15-24)27-18-19-28(34(39)40)32(37)31(27)26-20-29(35)33(38)30(36)21-26/h18-25H,2-17H2,1H3,(H,39,40)/t22-,23-,24?,25?. The molecule has 2 saturated carbocycles. The molecule has 2 aliphatic carbocycles. The number of benzene rings is 2. The minimum atomic E-state index is -1.63. The summed E-state index contributed by atoms with van der Waals surface area (Å²) in [6.45, 7) is 2.25. The van der Waals surface area contributed by atoms with Gasteiger partial charge in [-0.1, -0.05) is 77.2 Å². The minimum Gasteiger partial charge on any atom is -0.478 e. The van der Waals surface area contributed by atoms with Crippen molar-refractivity contribution in [1.29, 1.82) is 0 Å². The molecule has 4 rings (SSSR count). The lowest BCUT2D eigenvalue weighted by Crippen LogP contribution is -2.25. The van der Waals surface area contributed by atoms with E-state index in [0.29, 0.717) is 11.5 Å². The maximum atomic E-state index is 15.5. The number of unbranched alkanes of at least 4 members (excludes halogenated alkanes) is 6. The zero-order valence-corrected chi connectivity index (χ0v) is 23.8. The van der Waals surface area contributed by atoms with Gasteiger partial charge in [-0.25, -0.2) is 22.4 Å². The fraction of sp³-hybridized carbons (Fsp3) is 0.618. The predicted octanol–water partition coefficient (Wildman–Crippen LogP) is 10.8. The molecule has 220 valence electrons. The molecule has 0 amide bonds. The van der Waals surface area contributed by atoms with Gasteiger partial charge < -0.3 is 5.11 Å². The van der Waals surface area contributed by atoms with Crippen molar-refractivity contribution in [3.05, 3.63) is 58.7 Å². The van der Waals surface area contributed by atoms with Crippen molar-refractivity contribution in [1.82, 2.24) is 0 Å². The number of hydrogen-bond donors (Lipinski definition) is 1. The van der Waals surface area contributed by atoms with E-state index in [0.717, 1.165) is 49.7 Å². The Balaban J connectivity index is 1.35. The molecule has 6 heteroatoms. The monoisotopic (exact) mass is 560 g/mol. The van der Waals surface area contributed by atoms with Crippen molar-refractivity contribution in [2.24, 2.45) is 17.8 Å². The molecule has 2 nitrogen and oxygen atoms in total. The maximum Gasteiger partial charge on any atom is 0.338 e. The van der Waals surface area contributed by atoms with Crippen molar-refractivity contribution in [2.75, 3.05) is 0 Å². The van der Waals surface area contributed by atoms with Crippen molar-refractivity contribution >= 4 is 5.97 Å². The van der Waals surface area contributed by atoms with Crippen LogP contribution in [-0.2, 0) is 0 Å². The number of rotatable bonds is 12. The zero-order valence-electron chi connectivity index (χ0n) is 23.8. The number of aromatic carboxylic acids is 1. The van der Waals surface area contributed by atoms with Crippen LogP contribution in [0, 0.1) is 41.0 Å². The van der Waals surface area contributed by atoms with Crippen LogP contribution in [0.4, 0.5) is 17.6 Å². The third kappa shape index (κ3) is 7.47. The second-order valence-corrected chi connectivity index (χ2v) is 12.3. The molecule has 0 bridgehead atoms. The molecule has 0 unspecified atom stereocenters. The van der Waals surface area contributed by atoms with Crippen LogP contribution in [0.25, 0.3) is 11.1 Å². The van der Waals surface area contributed by atoms with Gasteiger partial charge >= 0.3 is 5.97 Å². The Morgan fingerprint density at radius 2 is 1.30 bits per heavy atom. The first-order chi connectivity index (χ1) is 19.3. The molecule has 0 atom stereocenters. The van der Waals surface area contributed by atoms with E-state index in [4.69, 9.17) is 0 Å². The molecule has 0 aliphatic heterocycles. The van der Waals surface area contributed by atoms with E-state index in [2.05, 4.69) is 6.92 Å². The summed E-state index contributed by atoms with van der Waals surface area (Å²) in [6.07, 6.45) is 19.7. The zero-order chi connectivity index (χ0) is 28.6. The number of halogens is 4. The summed E-state index contributed by atoms with van der Waals surface area (Å²) in [7, 11) is 0. The Kier molecular flexibility index (Phi) is 11.1. The molecule has 0 aromatic heterocycles. The molecule has 40 heavy (non-hydrogen) atoms. The van der Waals surface area contributed by atoms with Gasteiger partial charge in [-0.05, 0) is 91.5 Å². The van der Waals surface area contributed by atoms with E-state index in [9.17, 15) is 23.1 Å². The smallest absolute Gasteiger partial charge is 0.338 e. The number of carbonyl (C=O) groups is 1. The van der Waals surface area contributed by atoms with Crippen molar-refractivity contribution < 1.29 is 27.5 Å². The second-order valence-electron chi connectivity index (χ2n) is 12.3. The first kappa shape index (κ1) is 30.6. The average molecular weight is 561 g/mol. The molecule has 0 spiro atoms. The summed E-state index contributed by atoms with van der Waals surface area (Å²) < 4.78 is 57.2. The SMILES string of the molecule is CCCCCCCCC[C@H]1CC[C@H](C2CCC(c3ccc(C(=O)O)c(F)c3-c3cc(F)c(F)c(F)c3)CC2)CC1. The van der Waals surface area contributed by atoms with E-state index >= 15 is 4.39 Å². The van der Waals surface area contributed by atoms with Crippen LogP contribution in [-0.4, -0.2) is 11.1 Å². The fourth-order valence-corrected chi connectivity index (χ4v) is 7.33. The second kappa shape index (κ2) is 14.5. The molecular formula is C34H44F4O2. The van der Waals surface area contributed by atoms with Gasteiger partial charge in [0.05, 0.1) is 5.56 Å². The van der Waals surface area contributed by atoms with E-state index in [1.54, 1.807) is 6.07 Å². The van der Waals surface area contributed by atoms with E-state index in [1.165, 1.54) is 83.1 Å². The Hall–Kier alpha value is -2.37. The Morgan fingerprint density at radius 3 is 1.88 bits per heavy atom. The first-order valence-corrected chi connectivity index (χ1v) is 15.5. The van der Waals surface area contributed by atoms with Gasteiger partial charge in [-0.3, -0.25) is 0 Å². The molecule has 2 aliphatic rings. The van der Waals surface area contributed by atoms with Crippen LogP contribution in [0.15, 0.2) is 24.3 Å². The highest BCUT2D eigenvalue weighted by Crippen LogP contribution is 2.47. The third-order valence-corrected chi connectivity index (χ3v) is 9.66. The predicted molar refractivity (Wildman–Crippen MR) is 151 cm³/mol. The Morgan fingerprint density at radius 1 is 0.750 bits per heavy atom. The van der Waals surface area contributed by atoms with Crippen LogP contribution in [0.5, 0.6) is 0 Å². The van der Waals surface area contributed by atoms with E-state index in [1.807, 2.05) is 0 Å². The Labute approximate surface area is 236 Å². The third-order valence-electron chi connectivity index (χ3n) is 9.66. The van der Waals surface area contributed by atoms with Crippen molar-refractivity contribution in [3.8, 4) is 11.1 Å². The highest BCUT2D eigenvalue weighted by Gasteiger charge is 2.33. The molecule has 0 heterocycles. The van der Waals surface area contributed by atoms with Crippen LogP contribution >= 0.6 is 0 Å². The lowest BCUT2D eigenvalue weighted by Gasteiger charge is -2.38. The summed E-state index contributed by atoms with van der Waals surface area (Å²) in [6, 6.07) is 4.30. The molecule has 1 N–H and O–H groups in total. The highest BCUT2D eigenvalue weighted by molar-refractivity contribution is 5.90. The number of hydrogen-bond acceptors (Lipinski definition) is 1. The van der Waals surface area contributed by atoms with Crippen LogP contribution in [0.3, 0.4) is 0 Å². The van der Waals surface area contributed by atoms with Crippen molar-refractivity contribution in [3.63, 3.8) is 0 Å². The van der Waals surface area contributed by atoms with Gasteiger partial charge in [0, 0.05) is 5.56 Å². The summed E-state index contributed by atoms with van der Waals surface area (Å²) in [5, 5.41) is 9.44. The van der Waals surface area contributed by atoms with Gasteiger partial charge in [0.15, 0.2) is 17.5 Å². The maximum absolute atomic E-state index is 15.5. The minimum absolute atomic E-state index is 0.0477. The van der Waals surface area contributed by atoms with E-state index in [-0.39, 0.29) is 17.0 Å². The van der Waals surface area contributed by atoms with Crippen LogP contribution in [0.1, 0.15) is 131 Å². The topological polar surface area (TPSA) is 37.3 Å². The quantitative estimate of drug-likeness (QED) is 0.159. The normalized spacial score (nSPS) is 23.3. The molecule has 0 radical (unpaired) electrons. The lowest BCUT2D eigenvalue weighted by molar-refractivity contribution is 0.0692. The van der Waals surface area contributed by atoms with Crippen LogP contribution in [0.2, 0.25) is 0 Å². The summed E-state index contributed by atoms with van der Waals surface area (Å²) in [5.74, 6) is -4.81. The number of carboxylic acid groups (broad SMARTS) is 1. The van der Waals surface area contributed by atoms with E-state index < -0.39 is 34.8 Å². The molecular weight excluding hydrogens is 516 g/mol. The van der Waals surface area contributed by atoms with Gasteiger partial charge in [0.2, 0.25) is 0 Å².